The molecule has 1 aromatic carbocycles. The Labute approximate surface area is 173 Å². The Morgan fingerprint density at radius 2 is 1.97 bits per heavy atom. The van der Waals surface area contributed by atoms with Crippen LogP contribution in [0.25, 0.3) is 10.9 Å². The lowest BCUT2D eigenvalue weighted by atomic mass is 10.1. The Morgan fingerprint density at radius 3 is 2.72 bits per heavy atom. The Hall–Kier alpha value is -2.77. The number of hydrogen-bond donors (Lipinski definition) is 2. The number of fused-ring (bicyclic) bond motifs is 1. The molecule has 3 heterocycles. The first-order valence-corrected chi connectivity index (χ1v) is 10.8. The number of carbonyl (C=O) groups excluding carboxylic acids is 2. The molecule has 7 heteroatoms. The van der Waals surface area contributed by atoms with E-state index in [-0.39, 0.29) is 6.04 Å². The number of thiophene rings is 1. The van der Waals surface area contributed by atoms with E-state index in [9.17, 15) is 9.59 Å². The van der Waals surface area contributed by atoms with Gasteiger partial charge in [-0.2, -0.15) is 11.3 Å². The molecular formula is C22H24N4O2S. The zero-order chi connectivity index (χ0) is 20.2. The van der Waals surface area contributed by atoms with Crippen LogP contribution >= 0.6 is 11.3 Å². The quantitative estimate of drug-likeness (QED) is 0.634. The number of benzene rings is 1. The zero-order valence-corrected chi connectivity index (χ0v) is 17.2. The number of aromatic nitrogens is 1. The number of anilines is 1. The molecule has 4 rings (SSSR count). The van der Waals surface area contributed by atoms with E-state index >= 15 is 0 Å². The number of amides is 2. The molecule has 29 heavy (non-hydrogen) atoms. The Kier molecular flexibility index (Phi) is 5.87. The number of nitrogens with one attached hydrogen (secondary N) is 2. The van der Waals surface area contributed by atoms with Crippen molar-refractivity contribution in [2.75, 3.05) is 25.0 Å². The summed E-state index contributed by atoms with van der Waals surface area (Å²) in [5.41, 5.74) is 3.36. The highest BCUT2D eigenvalue weighted by atomic mass is 32.1. The first kappa shape index (κ1) is 19.5. The lowest BCUT2D eigenvalue weighted by Crippen LogP contribution is -2.41. The number of nitrogens with zero attached hydrogens (tertiary/aromatic N) is 2. The van der Waals surface area contributed by atoms with Crippen LogP contribution in [0.15, 0.2) is 47.2 Å². The van der Waals surface area contributed by atoms with Crippen molar-refractivity contribution in [3.8, 4) is 0 Å². The topological polar surface area (TPSA) is 74.3 Å². The fraction of sp³-hybridized carbons (Fsp3) is 0.318. The zero-order valence-electron chi connectivity index (χ0n) is 16.4. The van der Waals surface area contributed by atoms with Gasteiger partial charge < -0.3 is 10.6 Å². The van der Waals surface area contributed by atoms with Crippen molar-refractivity contribution in [3.05, 3.63) is 58.4 Å². The van der Waals surface area contributed by atoms with Crippen LogP contribution in [-0.2, 0) is 9.59 Å². The first-order valence-electron chi connectivity index (χ1n) is 9.83. The molecule has 0 unspecified atom stereocenters. The number of aryl methyl sites for hydroxylation is 1. The van der Waals surface area contributed by atoms with E-state index in [1.54, 1.807) is 17.4 Å². The van der Waals surface area contributed by atoms with Gasteiger partial charge in [-0.05, 0) is 67.4 Å². The summed E-state index contributed by atoms with van der Waals surface area (Å²) in [6.07, 6.45) is 2.34. The highest BCUT2D eigenvalue weighted by molar-refractivity contribution is 7.08. The second-order valence-corrected chi connectivity index (χ2v) is 8.09. The van der Waals surface area contributed by atoms with E-state index in [0.717, 1.165) is 29.7 Å². The molecule has 1 atom stereocenters. The largest absolute Gasteiger partial charge is 0.346 e. The molecule has 150 valence electrons. The van der Waals surface area contributed by atoms with Gasteiger partial charge in [-0.1, -0.05) is 18.2 Å². The number of pyridine rings is 1. The molecule has 0 saturated carbocycles. The average Bonchev–Trinajstić information content (AvgIpc) is 3.42. The van der Waals surface area contributed by atoms with Crippen LogP contribution in [0.4, 0.5) is 5.69 Å². The maximum atomic E-state index is 12.5. The van der Waals surface area contributed by atoms with Crippen molar-refractivity contribution in [3.63, 3.8) is 0 Å². The fourth-order valence-corrected chi connectivity index (χ4v) is 4.54. The van der Waals surface area contributed by atoms with Gasteiger partial charge in [0, 0.05) is 17.6 Å². The van der Waals surface area contributed by atoms with Crippen LogP contribution < -0.4 is 10.6 Å². The number of hydrogen-bond acceptors (Lipinski definition) is 5. The molecule has 0 radical (unpaired) electrons. The summed E-state index contributed by atoms with van der Waals surface area (Å²) < 4.78 is 0. The van der Waals surface area contributed by atoms with Crippen LogP contribution in [0.2, 0.25) is 0 Å². The third-order valence-corrected chi connectivity index (χ3v) is 5.97. The van der Waals surface area contributed by atoms with Crippen molar-refractivity contribution in [1.29, 1.82) is 0 Å². The summed E-state index contributed by atoms with van der Waals surface area (Å²) >= 11 is 1.65. The summed E-state index contributed by atoms with van der Waals surface area (Å²) in [6, 6.07) is 11.5. The predicted molar refractivity (Wildman–Crippen MR) is 116 cm³/mol. The minimum Gasteiger partial charge on any atom is -0.346 e. The third-order valence-electron chi connectivity index (χ3n) is 5.26. The molecule has 6 nitrogen and oxygen atoms in total. The molecular weight excluding hydrogens is 384 g/mol. The molecule has 1 fully saturated rings. The van der Waals surface area contributed by atoms with Crippen LogP contribution in [-0.4, -0.2) is 41.3 Å². The second kappa shape index (κ2) is 8.71. The maximum Gasteiger partial charge on any atom is 0.313 e. The molecule has 0 bridgehead atoms. The summed E-state index contributed by atoms with van der Waals surface area (Å²) in [5, 5.41) is 10.5. The van der Waals surface area contributed by atoms with Gasteiger partial charge in [0.2, 0.25) is 0 Å². The molecule has 0 spiro atoms. The Bertz CT molecular complexity index is 1010. The van der Waals surface area contributed by atoms with E-state index < -0.39 is 11.8 Å². The summed E-state index contributed by atoms with van der Waals surface area (Å²) in [4.78, 5) is 31.9. The van der Waals surface area contributed by atoms with E-state index in [1.807, 2.05) is 36.6 Å². The van der Waals surface area contributed by atoms with Crippen molar-refractivity contribution < 1.29 is 9.59 Å². The molecule has 2 N–H and O–H groups in total. The highest BCUT2D eigenvalue weighted by Crippen LogP contribution is 2.26. The van der Waals surface area contributed by atoms with E-state index in [1.165, 1.54) is 18.4 Å². The van der Waals surface area contributed by atoms with Gasteiger partial charge in [0.25, 0.3) is 0 Å². The normalized spacial score (nSPS) is 15.3. The van der Waals surface area contributed by atoms with E-state index in [4.69, 9.17) is 0 Å². The van der Waals surface area contributed by atoms with Gasteiger partial charge >= 0.3 is 11.8 Å². The van der Waals surface area contributed by atoms with Crippen LogP contribution in [0.5, 0.6) is 0 Å². The third kappa shape index (κ3) is 4.46. The summed E-state index contributed by atoms with van der Waals surface area (Å²) in [6.45, 7) is 4.32. The van der Waals surface area contributed by atoms with E-state index in [0.29, 0.717) is 12.2 Å². The fourth-order valence-electron chi connectivity index (χ4n) is 3.84. The molecule has 0 aliphatic carbocycles. The molecule has 1 saturated heterocycles. The van der Waals surface area contributed by atoms with Gasteiger partial charge in [-0.15, -0.1) is 0 Å². The predicted octanol–water partition coefficient (Wildman–Crippen LogP) is 3.50. The minimum atomic E-state index is -0.661. The molecule has 3 aromatic rings. The lowest BCUT2D eigenvalue weighted by molar-refractivity contribution is -0.136. The first-order chi connectivity index (χ1) is 14.1. The Balaban J connectivity index is 1.44. The standard InChI is InChI=1S/C22H24N4O2S/c1-15-12-19(17-6-2-3-7-18(17)24-15)25-22(28)21(27)23-13-20(16-8-11-29-14-16)26-9-4-5-10-26/h2-3,6-8,11-12,14,20H,4-5,9-10,13H2,1H3,(H,23,27)(H,24,25,28)/t20-/m0/s1. The van der Waals surface area contributed by atoms with Crippen LogP contribution in [0, 0.1) is 6.92 Å². The summed E-state index contributed by atoms with van der Waals surface area (Å²) in [5.74, 6) is -1.28. The highest BCUT2D eigenvalue weighted by Gasteiger charge is 2.25. The van der Waals surface area contributed by atoms with Crippen LogP contribution in [0.1, 0.15) is 30.1 Å². The molecule has 1 aliphatic rings. The second-order valence-electron chi connectivity index (χ2n) is 7.31. The molecule has 1 aliphatic heterocycles. The molecule has 2 amide bonds. The number of rotatable bonds is 5. The smallest absolute Gasteiger partial charge is 0.313 e. The van der Waals surface area contributed by atoms with Gasteiger partial charge in [0.1, 0.15) is 0 Å². The van der Waals surface area contributed by atoms with E-state index in [2.05, 4.69) is 32.0 Å². The monoisotopic (exact) mass is 408 g/mol. The van der Waals surface area contributed by atoms with Gasteiger partial charge in [0.05, 0.1) is 17.2 Å². The number of para-hydroxylation sites is 1. The average molecular weight is 409 g/mol. The van der Waals surface area contributed by atoms with Crippen LogP contribution in [0.3, 0.4) is 0 Å². The van der Waals surface area contributed by atoms with Gasteiger partial charge in [-0.3, -0.25) is 19.5 Å². The minimum absolute atomic E-state index is 0.101. The van der Waals surface area contributed by atoms with Crippen molar-refractivity contribution in [1.82, 2.24) is 15.2 Å². The van der Waals surface area contributed by atoms with Crippen molar-refractivity contribution in [2.24, 2.45) is 0 Å². The van der Waals surface area contributed by atoms with Gasteiger partial charge in [0.15, 0.2) is 0 Å². The number of likely N-dealkylation sites (tertiary alicyclic amines) is 1. The van der Waals surface area contributed by atoms with Crippen molar-refractivity contribution >= 4 is 39.7 Å². The SMILES string of the molecule is Cc1cc(NC(=O)C(=O)NC[C@@H](c2ccsc2)N2CCCC2)c2ccccc2n1. The number of carbonyl (C=O) groups is 2. The maximum absolute atomic E-state index is 12.5. The summed E-state index contributed by atoms with van der Waals surface area (Å²) in [7, 11) is 0. The lowest BCUT2D eigenvalue weighted by Gasteiger charge is -2.27. The van der Waals surface area contributed by atoms with Gasteiger partial charge in [-0.25, -0.2) is 0 Å². The Morgan fingerprint density at radius 1 is 1.17 bits per heavy atom. The van der Waals surface area contributed by atoms with Crippen molar-refractivity contribution in [2.45, 2.75) is 25.8 Å². The molecule has 2 aromatic heterocycles.